The highest BCUT2D eigenvalue weighted by Gasteiger charge is 2.29. The maximum atomic E-state index is 5.56. The summed E-state index contributed by atoms with van der Waals surface area (Å²) in [5.41, 5.74) is 7.61. The average molecular weight is 153 g/mol. The summed E-state index contributed by atoms with van der Waals surface area (Å²) in [6.45, 7) is 2.94. The zero-order valence-corrected chi connectivity index (χ0v) is 6.66. The fraction of sp³-hybridized carbons (Fsp3) is 0.571. The summed E-state index contributed by atoms with van der Waals surface area (Å²) in [5.74, 6) is 0.469. The number of hydrogen-bond donors (Lipinski definition) is 1. The lowest BCUT2D eigenvalue weighted by Gasteiger charge is -2.12. The molecular formula is C7H11N3O. The Bertz CT molecular complexity index is 281. The second-order valence-corrected chi connectivity index (χ2v) is 3.00. The lowest BCUT2D eigenvalue weighted by atomic mass is 10.2. The molecule has 60 valence electrons. The van der Waals surface area contributed by atoms with Crippen LogP contribution in [-0.2, 0) is 6.54 Å². The Hall–Kier alpha value is -1.03. The van der Waals surface area contributed by atoms with Crippen LogP contribution in [0.15, 0.2) is 4.52 Å². The zero-order chi connectivity index (χ0) is 8.01. The summed E-state index contributed by atoms with van der Waals surface area (Å²) in [4.78, 5) is 2.18. The monoisotopic (exact) mass is 153 g/mol. The molecule has 0 bridgehead atoms. The van der Waals surface area contributed by atoms with Gasteiger partial charge >= 0.3 is 0 Å². The van der Waals surface area contributed by atoms with Crippen molar-refractivity contribution in [1.82, 2.24) is 10.1 Å². The van der Waals surface area contributed by atoms with E-state index in [2.05, 4.69) is 17.0 Å². The quantitative estimate of drug-likeness (QED) is 0.598. The molecule has 0 fully saturated rings. The molecule has 2 rings (SSSR count). The molecule has 0 saturated carbocycles. The van der Waals surface area contributed by atoms with Gasteiger partial charge in [-0.2, -0.15) is 0 Å². The highest BCUT2D eigenvalue weighted by molar-refractivity contribution is 5.42. The molecule has 1 unspecified atom stereocenters. The molecule has 1 aliphatic heterocycles. The maximum Gasteiger partial charge on any atom is 0.226 e. The minimum absolute atomic E-state index is 0.339. The van der Waals surface area contributed by atoms with E-state index in [0.717, 1.165) is 17.8 Å². The van der Waals surface area contributed by atoms with Crippen LogP contribution in [0, 0.1) is 0 Å². The first-order valence-corrected chi connectivity index (χ1v) is 3.64. The molecule has 0 aliphatic carbocycles. The van der Waals surface area contributed by atoms with Gasteiger partial charge in [0.25, 0.3) is 0 Å². The number of nitrogens with zero attached hydrogens (tertiary/aromatic N) is 2. The van der Waals surface area contributed by atoms with Crippen molar-refractivity contribution in [3.8, 4) is 0 Å². The predicted molar refractivity (Wildman–Crippen MR) is 40.8 cm³/mol. The molecule has 1 aromatic heterocycles. The molecular weight excluding hydrogens is 142 g/mol. The van der Waals surface area contributed by atoms with Gasteiger partial charge in [0.2, 0.25) is 5.88 Å². The standard InChI is InChI=1S/C7H11N3O/c1-4-6-5(3-10(4)2)7(8)11-9-6/h4H,3,8H2,1-2H3. The normalized spacial score (nSPS) is 24.0. The summed E-state index contributed by atoms with van der Waals surface area (Å²) < 4.78 is 4.86. The summed E-state index contributed by atoms with van der Waals surface area (Å²) in [6.07, 6.45) is 0. The third-order valence-corrected chi connectivity index (χ3v) is 2.31. The number of nitrogens with two attached hydrogens (primary N) is 1. The van der Waals surface area contributed by atoms with E-state index < -0.39 is 0 Å². The van der Waals surface area contributed by atoms with Gasteiger partial charge in [-0.1, -0.05) is 5.16 Å². The van der Waals surface area contributed by atoms with E-state index in [4.69, 9.17) is 10.3 Å². The molecule has 11 heavy (non-hydrogen) atoms. The molecule has 0 aromatic carbocycles. The van der Waals surface area contributed by atoms with Crippen LogP contribution >= 0.6 is 0 Å². The minimum Gasteiger partial charge on any atom is -0.367 e. The van der Waals surface area contributed by atoms with Crippen molar-refractivity contribution < 1.29 is 4.52 Å². The topological polar surface area (TPSA) is 55.3 Å². The SMILES string of the molecule is CC1c2noc(N)c2CN1C. The van der Waals surface area contributed by atoms with Crippen LogP contribution in [0.25, 0.3) is 0 Å². The highest BCUT2D eigenvalue weighted by Crippen LogP contribution is 2.33. The first-order chi connectivity index (χ1) is 5.20. The molecule has 0 saturated heterocycles. The number of hydrogen-bond acceptors (Lipinski definition) is 4. The Morgan fingerprint density at radius 2 is 2.45 bits per heavy atom. The molecule has 0 amide bonds. The zero-order valence-electron chi connectivity index (χ0n) is 6.66. The maximum absolute atomic E-state index is 5.56. The Labute approximate surface area is 65.0 Å². The van der Waals surface area contributed by atoms with E-state index in [1.165, 1.54) is 0 Å². The van der Waals surface area contributed by atoms with Crippen LogP contribution < -0.4 is 5.73 Å². The summed E-state index contributed by atoms with van der Waals surface area (Å²) in [7, 11) is 2.05. The molecule has 0 radical (unpaired) electrons. The molecule has 0 spiro atoms. The van der Waals surface area contributed by atoms with Gasteiger partial charge in [-0.05, 0) is 14.0 Å². The van der Waals surface area contributed by atoms with E-state index in [1.54, 1.807) is 0 Å². The van der Waals surface area contributed by atoms with Gasteiger partial charge in [-0.15, -0.1) is 0 Å². The first kappa shape index (κ1) is 6.67. The highest BCUT2D eigenvalue weighted by atomic mass is 16.5. The summed E-state index contributed by atoms with van der Waals surface area (Å²) >= 11 is 0. The molecule has 4 nitrogen and oxygen atoms in total. The van der Waals surface area contributed by atoms with Gasteiger partial charge in [0, 0.05) is 6.54 Å². The summed E-state index contributed by atoms with van der Waals surface area (Å²) in [5, 5.41) is 3.89. The molecule has 4 heteroatoms. The van der Waals surface area contributed by atoms with Gasteiger partial charge in [0.15, 0.2) is 0 Å². The van der Waals surface area contributed by atoms with Gasteiger partial charge in [-0.25, -0.2) is 0 Å². The third kappa shape index (κ3) is 0.758. The van der Waals surface area contributed by atoms with E-state index >= 15 is 0 Å². The molecule has 2 N–H and O–H groups in total. The molecule has 1 aromatic rings. The first-order valence-electron chi connectivity index (χ1n) is 3.64. The predicted octanol–water partition coefficient (Wildman–Crippen LogP) is 0.763. The van der Waals surface area contributed by atoms with Crippen molar-refractivity contribution in [2.45, 2.75) is 19.5 Å². The van der Waals surface area contributed by atoms with Gasteiger partial charge in [-0.3, -0.25) is 4.90 Å². The number of anilines is 1. The summed E-state index contributed by atoms with van der Waals surface area (Å²) in [6, 6.07) is 0.339. The van der Waals surface area contributed by atoms with Crippen LogP contribution in [0.1, 0.15) is 24.2 Å². The van der Waals surface area contributed by atoms with E-state index in [-0.39, 0.29) is 0 Å². The minimum atomic E-state index is 0.339. The second kappa shape index (κ2) is 1.98. The second-order valence-electron chi connectivity index (χ2n) is 3.00. The fourth-order valence-electron chi connectivity index (χ4n) is 1.42. The smallest absolute Gasteiger partial charge is 0.226 e. The number of fused-ring (bicyclic) bond motifs is 1. The molecule has 2 heterocycles. The largest absolute Gasteiger partial charge is 0.367 e. The van der Waals surface area contributed by atoms with Crippen molar-refractivity contribution >= 4 is 5.88 Å². The van der Waals surface area contributed by atoms with Crippen molar-refractivity contribution in [1.29, 1.82) is 0 Å². The van der Waals surface area contributed by atoms with Crippen molar-refractivity contribution in [3.63, 3.8) is 0 Å². The van der Waals surface area contributed by atoms with Crippen LogP contribution in [0.5, 0.6) is 0 Å². The van der Waals surface area contributed by atoms with Crippen LogP contribution in [0.3, 0.4) is 0 Å². The third-order valence-electron chi connectivity index (χ3n) is 2.31. The van der Waals surface area contributed by atoms with Gasteiger partial charge in [0.05, 0.1) is 11.6 Å². The number of rotatable bonds is 0. The lowest BCUT2D eigenvalue weighted by molar-refractivity contribution is 0.267. The number of aromatic nitrogens is 1. The molecule has 1 atom stereocenters. The Morgan fingerprint density at radius 3 is 3.09 bits per heavy atom. The van der Waals surface area contributed by atoms with Gasteiger partial charge < -0.3 is 10.3 Å². The van der Waals surface area contributed by atoms with Crippen molar-refractivity contribution in [3.05, 3.63) is 11.3 Å². The van der Waals surface area contributed by atoms with Crippen LogP contribution in [0.4, 0.5) is 5.88 Å². The Balaban J connectivity index is 2.47. The average Bonchev–Trinajstić information content (AvgIpc) is 2.43. The lowest BCUT2D eigenvalue weighted by Crippen LogP contribution is -2.14. The fourth-order valence-corrected chi connectivity index (χ4v) is 1.42. The van der Waals surface area contributed by atoms with Crippen molar-refractivity contribution in [2.75, 3.05) is 12.8 Å². The van der Waals surface area contributed by atoms with Crippen LogP contribution in [-0.4, -0.2) is 17.1 Å². The van der Waals surface area contributed by atoms with E-state index in [0.29, 0.717) is 11.9 Å². The molecule has 1 aliphatic rings. The van der Waals surface area contributed by atoms with Gasteiger partial charge in [0.1, 0.15) is 5.69 Å². The van der Waals surface area contributed by atoms with Crippen LogP contribution in [0.2, 0.25) is 0 Å². The van der Waals surface area contributed by atoms with Crippen molar-refractivity contribution in [2.24, 2.45) is 0 Å². The Morgan fingerprint density at radius 1 is 1.73 bits per heavy atom. The van der Waals surface area contributed by atoms with E-state index in [1.807, 2.05) is 7.05 Å². The number of nitrogen functional groups attached to an aromatic ring is 1. The Kier molecular flexibility index (Phi) is 1.20. The van der Waals surface area contributed by atoms with E-state index in [9.17, 15) is 0 Å².